The van der Waals surface area contributed by atoms with Crippen molar-refractivity contribution in [2.75, 3.05) is 0 Å². The largest absolute Gasteiger partial charge is 0.343 e. The van der Waals surface area contributed by atoms with Gasteiger partial charge in [-0.25, -0.2) is 9.98 Å². The average Bonchev–Trinajstić information content (AvgIpc) is 3.67. The topological polar surface area (TPSA) is 54.6 Å². The van der Waals surface area contributed by atoms with Crippen LogP contribution in [0.3, 0.4) is 0 Å². The van der Waals surface area contributed by atoms with E-state index in [2.05, 4.69) is 181 Å². The molecule has 0 spiro atoms. The molecule has 1 unspecified atom stereocenters. The lowest BCUT2D eigenvalue weighted by Gasteiger charge is -2.23. The van der Waals surface area contributed by atoms with E-state index in [9.17, 15) is 0 Å². The first-order valence-corrected chi connectivity index (χ1v) is 18.5. The quantitative estimate of drug-likeness (QED) is 0.199. The summed E-state index contributed by atoms with van der Waals surface area (Å²) in [5.41, 5.74) is 11.4. The highest BCUT2D eigenvalue weighted by atomic mass is 15.2. The van der Waals surface area contributed by atoms with E-state index in [4.69, 9.17) is 15.0 Å². The normalized spacial score (nSPS) is 15.9. The number of fused-ring (bicyclic) bond motifs is 8. The maximum Gasteiger partial charge on any atom is 0.165 e. The van der Waals surface area contributed by atoms with Crippen LogP contribution in [0.4, 0.5) is 0 Å². The molecule has 1 N–H and O–H groups in total. The molecule has 2 aromatic heterocycles. The van der Waals surface area contributed by atoms with Gasteiger partial charge in [-0.2, -0.15) is 0 Å². The maximum absolute atomic E-state index is 5.18. The van der Waals surface area contributed by atoms with Crippen LogP contribution in [0.1, 0.15) is 48.0 Å². The summed E-state index contributed by atoms with van der Waals surface area (Å²) < 4.78 is 2.36. The summed E-state index contributed by atoms with van der Waals surface area (Å²) in [5, 5.41) is 10.8. The van der Waals surface area contributed by atoms with Crippen molar-refractivity contribution >= 4 is 55.0 Å². The van der Waals surface area contributed by atoms with Gasteiger partial charge >= 0.3 is 0 Å². The van der Waals surface area contributed by atoms with Crippen molar-refractivity contribution in [2.24, 2.45) is 9.98 Å². The molecule has 256 valence electrons. The SMILES string of the molecule is CC1(C)c2ccccc2-c2cc3c4ccccc4n(-c4ccc(C5N=C(c6ccc7ccccc7c6)N=C(c6ccc7ccccc7c6)N5)nc4)c3cc21. The lowest BCUT2D eigenvalue weighted by molar-refractivity contribution is 0.652. The molecule has 11 rings (SSSR count). The van der Waals surface area contributed by atoms with Crippen LogP contribution in [0.2, 0.25) is 0 Å². The van der Waals surface area contributed by atoms with E-state index < -0.39 is 6.17 Å². The molecular weight excluding hydrogens is 659 g/mol. The summed E-state index contributed by atoms with van der Waals surface area (Å²) >= 11 is 0. The van der Waals surface area contributed by atoms with Crippen molar-refractivity contribution in [1.82, 2.24) is 14.9 Å². The van der Waals surface area contributed by atoms with E-state index in [1.165, 1.54) is 49.3 Å². The minimum absolute atomic E-state index is 0.0960. The smallest absolute Gasteiger partial charge is 0.165 e. The van der Waals surface area contributed by atoms with E-state index >= 15 is 0 Å². The Morgan fingerprint density at radius 3 is 2.02 bits per heavy atom. The third kappa shape index (κ3) is 4.68. The van der Waals surface area contributed by atoms with Crippen molar-refractivity contribution in [1.29, 1.82) is 0 Å². The van der Waals surface area contributed by atoms with Gasteiger partial charge in [0.1, 0.15) is 5.84 Å². The summed E-state index contributed by atoms with van der Waals surface area (Å²) in [4.78, 5) is 15.4. The van der Waals surface area contributed by atoms with Gasteiger partial charge in [-0.1, -0.05) is 129 Å². The number of nitrogens with zero attached hydrogens (tertiary/aromatic N) is 4. The Morgan fingerprint density at radius 2 is 1.24 bits per heavy atom. The molecule has 2 aliphatic rings. The fraction of sp³-hybridized carbons (Fsp3) is 0.0816. The Labute approximate surface area is 313 Å². The molecular formula is C49H35N5. The van der Waals surface area contributed by atoms with Crippen molar-refractivity contribution < 1.29 is 0 Å². The second kappa shape index (κ2) is 11.6. The van der Waals surface area contributed by atoms with Crippen LogP contribution in [0.5, 0.6) is 0 Å². The molecule has 1 aliphatic heterocycles. The van der Waals surface area contributed by atoms with E-state index in [0.717, 1.165) is 44.6 Å². The van der Waals surface area contributed by atoms with Crippen molar-refractivity contribution in [3.05, 3.63) is 192 Å². The Bertz CT molecular complexity index is 3060. The zero-order valence-electron chi connectivity index (χ0n) is 30.0. The first-order valence-electron chi connectivity index (χ1n) is 18.5. The minimum Gasteiger partial charge on any atom is -0.343 e. The molecule has 0 bridgehead atoms. The van der Waals surface area contributed by atoms with Gasteiger partial charge < -0.3 is 9.88 Å². The molecule has 0 radical (unpaired) electrons. The van der Waals surface area contributed by atoms with Gasteiger partial charge in [-0.05, 0) is 86.3 Å². The lowest BCUT2D eigenvalue weighted by Crippen LogP contribution is -2.34. The number of nitrogens with one attached hydrogen (secondary N) is 1. The molecule has 0 amide bonds. The number of pyridine rings is 1. The molecule has 5 heteroatoms. The summed E-state index contributed by atoms with van der Waals surface area (Å²) in [6.45, 7) is 4.68. The average molecular weight is 694 g/mol. The highest BCUT2D eigenvalue weighted by Crippen LogP contribution is 2.51. The summed E-state index contributed by atoms with van der Waals surface area (Å²) in [7, 11) is 0. The van der Waals surface area contributed by atoms with Crippen LogP contribution in [-0.4, -0.2) is 21.2 Å². The third-order valence-corrected chi connectivity index (χ3v) is 11.5. The monoisotopic (exact) mass is 693 g/mol. The second-order valence-electron chi connectivity index (χ2n) is 15.0. The Kier molecular flexibility index (Phi) is 6.59. The van der Waals surface area contributed by atoms with Gasteiger partial charge in [-0.15, -0.1) is 0 Å². The van der Waals surface area contributed by atoms with Crippen LogP contribution in [0.25, 0.3) is 60.2 Å². The first kappa shape index (κ1) is 30.7. The number of aromatic nitrogens is 2. The third-order valence-electron chi connectivity index (χ3n) is 11.5. The molecule has 9 aromatic rings. The molecule has 7 aromatic carbocycles. The van der Waals surface area contributed by atoms with Gasteiger partial charge in [0.25, 0.3) is 0 Å². The number of para-hydroxylation sites is 1. The standard InChI is InChI=1S/C49H35N5/c1-49(2)41-17-9-7-15-37(41)39-27-40-38-16-8-10-18-44(38)54(45(40)28-42(39)49)36-23-24-43(50-29-36)48-52-46(34-21-19-30-11-3-5-13-32(30)25-34)51-47(53-48)35-22-20-31-12-4-6-14-33(31)26-35/h3-29,48H,1-2H3,(H,51,52,53). The maximum atomic E-state index is 5.18. The van der Waals surface area contributed by atoms with Crippen LogP contribution in [0, 0.1) is 0 Å². The van der Waals surface area contributed by atoms with Crippen LogP contribution < -0.4 is 5.32 Å². The summed E-state index contributed by atoms with van der Waals surface area (Å²) in [5.74, 6) is 1.45. The van der Waals surface area contributed by atoms with E-state index in [1.54, 1.807) is 0 Å². The predicted molar refractivity (Wildman–Crippen MR) is 223 cm³/mol. The Morgan fingerprint density at radius 1 is 0.556 bits per heavy atom. The molecule has 0 saturated heterocycles. The van der Waals surface area contributed by atoms with Crippen LogP contribution in [-0.2, 0) is 5.41 Å². The fourth-order valence-corrected chi connectivity index (χ4v) is 8.68. The Hall–Kier alpha value is -6.85. The minimum atomic E-state index is -0.430. The molecule has 5 nitrogen and oxygen atoms in total. The molecule has 3 heterocycles. The molecule has 1 atom stereocenters. The highest BCUT2D eigenvalue weighted by molar-refractivity contribution is 6.15. The van der Waals surface area contributed by atoms with E-state index in [-0.39, 0.29) is 5.41 Å². The summed E-state index contributed by atoms with van der Waals surface area (Å²) in [6.07, 6.45) is 1.56. The number of hydrogen-bond acceptors (Lipinski definition) is 4. The Balaban J connectivity index is 1.03. The summed E-state index contributed by atoms with van der Waals surface area (Å²) in [6, 6.07) is 56.3. The zero-order valence-corrected chi connectivity index (χ0v) is 30.0. The first-order chi connectivity index (χ1) is 26.5. The van der Waals surface area contributed by atoms with Crippen LogP contribution >= 0.6 is 0 Å². The van der Waals surface area contributed by atoms with Crippen LogP contribution in [0.15, 0.2) is 174 Å². The molecule has 0 fully saturated rings. The van der Waals surface area contributed by atoms with Crippen molar-refractivity contribution in [2.45, 2.75) is 25.4 Å². The van der Waals surface area contributed by atoms with Crippen molar-refractivity contribution in [3.8, 4) is 16.8 Å². The van der Waals surface area contributed by atoms with Crippen molar-refractivity contribution in [3.63, 3.8) is 0 Å². The zero-order chi connectivity index (χ0) is 36.0. The van der Waals surface area contributed by atoms with E-state index in [1.807, 2.05) is 6.20 Å². The van der Waals surface area contributed by atoms with E-state index in [0.29, 0.717) is 5.84 Å². The van der Waals surface area contributed by atoms with Gasteiger partial charge in [0.05, 0.1) is 28.6 Å². The fourth-order valence-electron chi connectivity index (χ4n) is 8.68. The number of amidine groups is 2. The lowest BCUT2D eigenvalue weighted by atomic mass is 9.82. The second-order valence-corrected chi connectivity index (χ2v) is 15.0. The van der Waals surface area contributed by atoms with Gasteiger partial charge in [0.2, 0.25) is 0 Å². The number of hydrogen-bond donors (Lipinski definition) is 1. The molecule has 0 saturated carbocycles. The number of rotatable bonds is 4. The number of aliphatic imine (C=N–C) groups is 2. The molecule has 54 heavy (non-hydrogen) atoms. The van der Waals surface area contributed by atoms with Gasteiger partial charge in [0.15, 0.2) is 12.0 Å². The predicted octanol–water partition coefficient (Wildman–Crippen LogP) is 11.3. The van der Waals surface area contributed by atoms with Gasteiger partial charge in [0, 0.05) is 27.3 Å². The molecule has 1 aliphatic carbocycles. The van der Waals surface area contributed by atoms with Gasteiger partial charge in [-0.3, -0.25) is 4.98 Å². The number of benzene rings is 7. The highest BCUT2D eigenvalue weighted by Gasteiger charge is 2.36.